The lowest BCUT2D eigenvalue weighted by Gasteiger charge is -2.13. The van der Waals surface area contributed by atoms with Gasteiger partial charge in [-0.2, -0.15) is 0 Å². The molecule has 2 N–H and O–H groups in total. The molecule has 4 aromatic rings. The summed E-state index contributed by atoms with van der Waals surface area (Å²) >= 11 is 2.87. The summed E-state index contributed by atoms with van der Waals surface area (Å²) in [6.07, 6.45) is 3.38. The molecular weight excluding hydrogens is 557 g/mol. The molecule has 214 valence electrons. The fraction of sp³-hybridized carbons (Fsp3) is 0.379. The number of hydrogen-bond donors (Lipinski definition) is 2. The van der Waals surface area contributed by atoms with E-state index in [-0.39, 0.29) is 36.5 Å². The van der Waals surface area contributed by atoms with E-state index in [9.17, 15) is 9.59 Å². The molecule has 5 rings (SSSR count). The Morgan fingerprint density at radius 2 is 1.17 bits per heavy atom. The van der Waals surface area contributed by atoms with Crippen molar-refractivity contribution in [3.63, 3.8) is 0 Å². The fourth-order valence-corrected chi connectivity index (χ4v) is 6.73. The predicted molar refractivity (Wildman–Crippen MR) is 165 cm³/mol. The topological polar surface area (TPSA) is 116 Å². The number of nitrogens with one attached hydrogen (secondary N) is 2. The van der Waals surface area contributed by atoms with Crippen molar-refractivity contribution in [1.82, 2.24) is 20.4 Å². The van der Waals surface area contributed by atoms with Gasteiger partial charge < -0.3 is 20.4 Å². The number of carbonyl (C=O) groups excluding carboxylic acids is 2. The maximum Gasteiger partial charge on any atom is 0.230 e. The Kier molecular flexibility index (Phi) is 8.89. The molecule has 2 aromatic heterocycles. The molecule has 10 nitrogen and oxygen atoms in total. The quantitative estimate of drug-likeness (QED) is 0.267. The number of nitrogens with zero attached hydrogens (tertiary/aromatic N) is 6. The van der Waals surface area contributed by atoms with Crippen LogP contribution in [-0.2, 0) is 22.4 Å². The van der Waals surface area contributed by atoms with Gasteiger partial charge in [0.2, 0.25) is 22.1 Å². The lowest BCUT2D eigenvalue weighted by Crippen LogP contribution is -2.15. The van der Waals surface area contributed by atoms with E-state index in [0.29, 0.717) is 10.3 Å². The molecule has 0 aliphatic heterocycles. The Morgan fingerprint density at radius 1 is 0.732 bits per heavy atom. The highest BCUT2D eigenvalue weighted by atomic mass is 32.1. The van der Waals surface area contributed by atoms with Crippen LogP contribution in [0.15, 0.2) is 48.5 Å². The molecule has 2 aromatic carbocycles. The summed E-state index contributed by atoms with van der Waals surface area (Å²) in [7, 11) is 7.91. The Hall–Kier alpha value is -3.90. The van der Waals surface area contributed by atoms with Crippen LogP contribution in [-0.4, -0.2) is 60.4 Å². The zero-order valence-corrected chi connectivity index (χ0v) is 25.3. The van der Waals surface area contributed by atoms with Crippen LogP contribution in [0.4, 0.5) is 21.6 Å². The Labute approximate surface area is 247 Å². The lowest BCUT2D eigenvalue weighted by molar-refractivity contribution is -0.116. The van der Waals surface area contributed by atoms with E-state index in [2.05, 4.69) is 31.0 Å². The molecule has 1 aliphatic rings. The number of hydrogen-bond acceptors (Lipinski definition) is 10. The smallest absolute Gasteiger partial charge is 0.230 e. The van der Waals surface area contributed by atoms with Crippen molar-refractivity contribution >= 4 is 56.1 Å². The first-order chi connectivity index (χ1) is 19.7. The monoisotopic (exact) mass is 590 g/mol. The van der Waals surface area contributed by atoms with Crippen LogP contribution in [0, 0.1) is 0 Å². The molecule has 2 amide bonds. The normalized spacial score (nSPS) is 16.4. The Morgan fingerprint density at radius 3 is 1.59 bits per heavy atom. The second-order valence-electron chi connectivity index (χ2n) is 10.7. The van der Waals surface area contributed by atoms with Crippen LogP contribution >= 0.6 is 22.7 Å². The molecule has 1 aliphatic carbocycles. The summed E-state index contributed by atoms with van der Waals surface area (Å²) in [6, 6.07) is 15.9. The molecule has 2 heterocycles. The van der Waals surface area contributed by atoms with Crippen molar-refractivity contribution in [2.24, 2.45) is 0 Å². The third kappa shape index (κ3) is 7.44. The first kappa shape index (κ1) is 28.6. The highest BCUT2D eigenvalue weighted by Crippen LogP contribution is 2.45. The van der Waals surface area contributed by atoms with Crippen LogP contribution in [0.1, 0.15) is 52.2 Å². The maximum absolute atomic E-state index is 12.6. The van der Waals surface area contributed by atoms with Gasteiger partial charge in [-0.3, -0.25) is 9.59 Å². The van der Waals surface area contributed by atoms with E-state index < -0.39 is 0 Å². The second kappa shape index (κ2) is 12.7. The molecule has 0 radical (unpaired) electrons. The highest BCUT2D eigenvalue weighted by Gasteiger charge is 2.32. The number of aromatic nitrogens is 4. The van der Waals surface area contributed by atoms with E-state index >= 15 is 0 Å². The first-order valence-electron chi connectivity index (χ1n) is 13.5. The van der Waals surface area contributed by atoms with Crippen molar-refractivity contribution in [2.45, 2.75) is 43.9 Å². The molecule has 0 saturated heterocycles. The number of anilines is 4. The zero-order valence-electron chi connectivity index (χ0n) is 23.6. The van der Waals surface area contributed by atoms with Gasteiger partial charge in [0.25, 0.3) is 0 Å². The van der Waals surface area contributed by atoms with E-state index in [0.717, 1.165) is 51.8 Å². The number of rotatable bonds is 10. The van der Waals surface area contributed by atoms with Gasteiger partial charge in [-0.1, -0.05) is 46.9 Å². The van der Waals surface area contributed by atoms with Crippen LogP contribution in [0.2, 0.25) is 0 Å². The summed E-state index contributed by atoms with van der Waals surface area (Å²) in [6.45, 7) is 0. The zero-order chi connectivity index (χ0) is 28.9. The predicted octanol–water partition coefficient (Wildman–Crippen LogP) is 4.94. The molecule has 1 saturated carbocycles. The summed E-state index contributed by atoms with van der Waals surface area (Å²) in [5.74, 6) is 0.292. The summed E-state index contributed by atoms with van der Waals surface area (Å²) < 4.78 is 0. The van der Waals surface area contributed by atoms with Crippen molar-refractivity contribution in [3.05, 3.63) is 69.7 Å². The van der Waals surface area contributed by atoms with Gasteiger partial charge in [0.05, 0.1) is 12.8 Å². The standard InChI is InChI=1S/C29H34N8O2S2/c1-36(2)22-9-5-7-18(13-22)15-24(38)30-28-34-32-26(40-28)20-11-12-21(17-20)27-33-35-29(41-27)31-25(39)16-19-8-6-10-23(14-19)37(3)4/h5-10,13-14,20-21H,11-12,15-17H2,1-4H3,(H,30,34,38)(H,31,35,39)/t20-,21-/m0/s1. The van der Waals surface area contributed by atoms with Crippen LogP contribution in [0.5, 0.6) is 0 Å². The molecule has 0 spiro atoms. The van der Waals surface area contributed by atoms with Crippen molar-refractivity contribution < 1.29 is 9.59 Å². The van der Waals surface area contributed by atoms with Crippen LogP contribution in [0.3, 0.4) is 0 Å². The highest BCUT2D eigenvalue weighted by molar-refractivity contribution is 7.15. The number of benzene rings is 2. The summed E-state index contributed by atoms with van der Waals surface area (Å²) in [4.78, 5) is 29.3. The van der Waals surface area contributed by atoms with Gasteiger partial charge >= 0.3 is 0 Å². The third-order valence-corrected chi connectivity index (χ3v) is 9.09. The summed E-state index contributed by atoms with van der Waals surface area (Å²) in [5.41, 5.74) is 4.01. The SMILES string of the molecule is CN(C)c1cccc(CC(=O)Nc2nnc([C@H]3CC[C@H](c4nnc(NC(=O)Cc5cccc(N(C)C)c5)s4)C3)s2)c1. The van der Waals surface area contributed by atoms with Crippen molar-refractivity contribution in [2.75, 3.05) is 48.6 Å². The summed E-state index contributed by atoms with van der Waals surface area (Å²) in [5, 5.41) is 25.9. The molecule has 0 unspecified atom stereocenters. The van der Waals surface area contributed by atoms with E-state index in [4.69, 9.17) is 0 Å². The second-order valence-corrected chi connectivity index (χ2v) is 12.7. The maximum atomic E-state index is 12.6. The molecular formula is C29H34N8O2S2. The van der Waals surface area contributed by atoms with Crippen LogP contribution < -0.4 is 20.4 Å². The molecule has 12 heteroatoms. The van der Waals surface area contributed by atoms with E-state index in [1.165, 1.54) is 22.7 Å². The third-order valence-electron chi connectivity index (χ3n) is 7.09. The van der Waals surface area contributed by atoms with Gasteiger partial charge in [-0.15, -0.1) is 20.4 Å². The fourth-order valence-electron chi connectivity index (χ4n) is 4.92. The van der Waals surface area contributed by atoms with Gasteiger partial charge in [-0.05, 0) is 54.7 Å². The number of carbonyl (C=O) groups is 2. The van der Waals surface area contributed by atoms with E-state index in [1.807, 2.05) is 86.5 Å². The first-order valence-corrected chi connectivity index (χ1v) is 15.2. The molecule has 0 bridgehead atoms. The lowest BCUT2D eigenvalue weighted by atomic mass is 10.1. The Bertz CT molecular complexity index is 1400. The van der Waals surface area contributed by atoms with E-state index in [1.54, 1.807) is 0 Å². The average Bonchev–Trinajstić information content (AvgIpc) is 3.70. The molecule has 2 atom stereocenters. The van der Waals surface area contributed by atoms with Gasteiger partial charge in [0.1, 0.15) is 10.0 Å². The van der Waals surface area contributed by atoms with Gasteiger partial charge in [0.15, 0.2) is 0 Å². The van der Waals surface area contributed by atoms with Crippen LogP contribution in [0.25, 0.3) is 0 Å². The largest absolute Gasteiger partial charge is 0.378 e. The minimum absolute atomic E-state index is 0.109. The minimum Gasteiger partial charge on any atom is -0.378 e. The van der Waals surface area contributed by atoms with Gasteiger partial charge in [-0.25, -0.2) is 0 Å². The van der Waals surface area contributed by atoms with Crippen molar-refractivity contribution in [1.29, 1.82) is 0 Å². The van der Waals surface area contributed by atoms with Gasteiger partial charge in [0, 0.05) is 51.4 Å². The Balaban J connectivity index is 1.12. The molecule has 41 heavy (non-hydrogen) atoms. The molecule has 1 fully saturated rings. The average molecular weight is 591 g/mol. The number of amides is 2. The minimum atomic E-state index is -0.109. The van der Waals surface area contributed by atoms with Crippen molar-refractivity contribution in [3.8, 4) is 0 Å².